The quantitative estimate of drug-likeness (QED) is 0.296. The van der Waals surface area contributed by atoms with E-state index < -0.39 is 0 Å². The van der Waals surface area contributed by atoms with Crippen LogP contribution >= 0.6 is 35.3 Å². The number of nitrogens with one attached hydrogen (secondary N) is 2. The molecule has 1 aromatic carbocycles. The Labute approximate surface area is 159 Å². The highest BCUT2D eigenvalue weighted by molar-refractivity contribution is 14.0. The predicted octanol–water partition coefficient (Wildman–Crippen LogP) is 3.71. The summed E-state index contributed by atoms with van der Waals surface area (Å²) in [6.45, 7) is 4.39. The second-order valence-electron chi connectivity index (χ2n) is 4.96. The number of guanidine groups is 1. The molecule has 0 saturated heterocycles. The van der Waals surface area contributed by atoms with E-state index in [1.54, 1.807) is 18.4 Å². The minimum atomic E-state index is 0. The number of hydrogen-bond donors (Lipinski definition) is 2. The number of benzene rings is 1. The van der Waals surface area contributed by atoms with Gasteiger partial charge in [-0.05, 0) is 23.6 Å². The average molecular weight is 445 g/mol. The van der Waals surface area contributed by atoms with E-state index in [1.807, 2.05) is 30.3 Å². The summed E-state index contributed by atoms with van der Waals surface area (Å²) in [4.78, 5) is 5.61. The molecule has 1 unspecified atom stereocenters. The van der Waals surface area contributed by atoms with Crippen LogP contribution in [-0.4, -0.2) is 32.7 Å². The third-order valence-electron chi connectivity index (χ3n) is 3.23. The fraction of sp³-hybridized carbons (Fsp3) is 0.353. The van der Waals surface area contributed by atoms with Crippen LogP contribution in [-0.2, 0) is 0 Å². The van der Waals surface area contributed by atoms with E-state index >= 15 is 0 Å². The van der Waals surface area contributed by atoms with E-state index in [0.29, 0.717) is 19.1 Å². The molecule has 0 amide bonds. The van der Waals surface area contributed by atoms with Crippen molar-refractivity contribution in [2.45, 2.75) is 12.8 Å². The normalized spacial score (nSPS) is 12.2. The largest absolute Gasteiger partial charge is 0.492 e. The summed E-state index contributed by atoms with van der Waals surface area (Å²) in [5, 5.41) is 8.71. The Morgan fingerprint density at radius 1 is 1.17 bits per heavy atom. The topological polar surface area (TPSA) is 45.7 Å². The molecule has 0 radical (unpaired) electrons. The van der Waals surface area contributed by atoms with Crippen LogP contribution in [0.1, 0.15) is 17.7 Å². The predicted molar refractivity (Wildman–Crippen MR) is 109 cm³/mol. The summed E-state index contributed by atoms with van der Waals surface area (Å²) >= 11 is 1.79. The molecule has 0 aliphatic heterocycles. The Morgan fingerprint density at radius 2 is 1.96 bits per heavy atom. The number of hydrogen-bond acceptors (Lipinski definition) is 3. The van der Waals surface area contributed by atoms with Crippen molar-refractivity contribution < 1.29 is 4.74 Å². The molecule has 2 rings (SSSR count). The summed E-state index contributed by atoms with van der Waals surface area (Å²) < 4.78 is 5.64. The monoisotopic (exact) mass is 445 g/mol. The molecule has 0 bridgehead atoms. The summed E-state index contributed by atoms with van der Waals surface area (Å²) in [6, 6.07) is 14.1. The van der Waals surface area contributed by atoms with Crippen LogP contribution < -0.4 is 15.4 Å². The Hall–Kier alpha value is -1.28. The van der Waals surface area contributed by atoms with E-state index in [4.69, 9.17) is 4.74 Å². The Kier molecular flexibility index (Phi) is 9.70. The zero-order valence-corrected chi connectivity index (χ0v) is 16.6. The van der Waals surface area contributed by atoms with Crippen LogP contribution in [0.5, 0.6) is 5.75 Å². The van der Waals surface area contributed by atoms with Crippen LogP contribution in [0.25, 0.3) is 0 Å². The van der Waals surface area contributed by atoms with Crippen LogP contribution in [0.2, 0.25) is 0 Å². The molecule has 0 saturated carbocycles. The maximum Gasteiger partial charge on any atom is 0.191 e. The SMILES string of the molecule is CN=C(NCCOc1ccccc1)NCC(C)c1cccs1.I. The maximum atomic E-state index is 5.64. The molecular weight excluding hydrogens is 421 g/mol. The van der Waals surface area contributed by atoms with Crippen molar-refractivity contribution in [3.05, 3.63) is 52.7 Å². The van der Waals surface area contributed by atoms with Gasteiger partial charge in [-0.3, -0.25) is 4.99 Å². The van der Waals surface area contributed by atoms with Gasteiger partial charge in [-0.15, -0.1) is 35.3 Å². The smallest absolute Gasteiger partial charge is 0.191 e. The molecule has 0 spiro atoms. The van der Waals surface area contributed by atoms with Crippen molar-refractivity contribution in [1.82, 2.24) is 10.6 Å². The molecule has 4 nitrogen and oxygen atoms in total. The molecule has 1 aromatic heterocycles. The number of thiophene rings is 1. The van der Waals surface area contributed by atoms with Gasteiger partial charge in [0, 0.05) is 24.4 Å². The van der Waals surface area contributed by atoms with Crippen molar-refractivity contribution >= 4 is 41.3 Å². The number of rotatable bonds is 7. The molecule has 2 N–H and O–H groups in total. The molecule has 0 fully saturated rings. The number of para-hydroxylation sites is 1. The second kappa shape index (κ2) is 11.3. The summed E-state index contributed by atoms with van der Waals surface area (Å²) in [7, 11) is 1.78. The van der Waals surface area contributed by atoms with Crippen molar-refractivity contribution in [3.8, 4) is 5.75 Å². The fourth-order valence-electron chi connectivity index (χ4n) is 2.00. The van der Waals surface area contributed by atoms with Gasteiger partial charge in [0.25, 0.3) is 0 Å². The van der Waals surface area contributed by atoms with Crippen molar-refractivity contribution in [2.24, 2.45) is 4.99 Å². The number of ether oxygens (including phenoxy) is 1. The molecule has 0 aliphatic carbocycles. The Balaban J connectivity index is 0.00000264. The Morgan fingerprint density at radius 3 is 2.61 bits per heavy atom. The first kappa shape index (κ1) is 19.8. The van der Waals surface area contributed by atoms with Gasteiger partial charge < -0.3 is 15.4 Å². The highest BCUT2D eigenvalue weighted by Gasteiger charge is 2.07. The third kappa shape index (κ3) is 7.22. The van der Waals surface area contributed by atoms with E-state index in [-0.39, 0.29) is 24.0 Å². The van der Waals surface area contributed by atoms with Gasteiger partial charge in [0.15, 0.2) is 5.96 Å². The van der Waals surface area contributed by atoms with Crippen LogP contribution in [0, 0.1) is 0 Å². The second-order valence-corrected chi connectivity index (χ2v) is 5.94. The lowest BCUT2D eigenvalue weighted by molar-refractivity contribution is 0.322. The van der Waals surface area contributed by atoms with Crippen LogP contribution in [0.15, 0.2) is 52.8 Å². The summed E-state index contributed by atoms with van der Waals surface area (Å²) in [5.74, 6) is 2.16. The average Bonchev–Trinajstić information content (AvgIpc) is 3.09. The molecule has 126 valence electrons. The zero-order chi connectivity index (χ0) is 15.6. The molecule has 6 heteroatoms. The highest BCUT2D eigenvalue weighted by Crippen LogP contribution is 2.19. The van der Waals surface area contributed by atoms with Gasteiger partial charge in [0.05, 0.1) is 6.54 Å². The summed E-state index contributed by atoms with van der Waals surface area (Å²) in [5.41, 5.74) is 0. The fourth-order valence-corrected chi connectivity index (χ4v) is 2.78. The summed E-state index contributed by atoms with van der Waals surface area (Å²) in [6.07, 6.45) is 0. The zero-order valence-electron chi connectivity index (χ0n) is 13.5. The van der Waals surface area contributed by atoms with E-state index in [9.17, 15) is 0 Å². The van der Waals surface area contributed by atoms with Crippen molar-refractivity contribution in [1.29, 1.82) is 0 Å². The first-order valence-corrected chi connectivity index (χ1v) is 8.33. The highest BCUT2D eigenvalue weighted by atomic mass is 127. The van der Waals surface area contributed by atoms with Gasteiger partial charge in [-0.2, -0.15) is 0 Å². The van der Waals surface area contributed by atoms with E-state index in [0.717, 1.165) is 18.3 Å². The molecule has 0 aliphatic rings. The maximum absolute atomic E-state index is 5.64. The molecule has 1 heterocycles. The Bertz CT molecular complexity index is 560. The van der Waals surface area contributed by atoms with Gasteiger partial charge in [-0.1, -0.05) is 31.2 Å². The minimum absolute atomic E-state index is 0. The first-order valence-electron chi connectivity index (χ1n) is 7.45. The van der Waals surface area contributed by atoms with E-state index in [2.05, 4.69) is 40.1 Å². The number of nitrogens with zero attached hydrogens (tertiary/aromatic N) is 1. The minimum Gasteiger partial charge on any atom is -0.492 e. The first-order chi connectivity index (χ1) is 10.8. The van der Waals surface area contributed by atoms with Gasteiger partial charge in [0.1, 0.15) is 12.4 Å². The molecular formula is C17H24IN3OS. The van der Waals surface area contributed by atoms with Gasteiger partial charge >= 0.3 is 0 Å². The molecule has 23 heavy (non-hydrogen) atoms. The molecule has 2 aromatic rings. The van der Waals surface area contributed by atoms with Gasteiger partial charge in [0.2, 0.25) is 0 Å². The van der Waals surface area contributed by atoms with Crippen molar-refractivity contribution in [3.63, 3.8) is 0 Å². The lowest BCUT2D eigenvalue weighted by atomic mass is 10.1. The standard InChI is InChI=1S/C17H23N3OS.HI/c1-14(16-9-6-12-22-16)13-20-17(18-2)19-10-11-21-15-7-4-3-5-8-15;/h3-9,12,14H,10-11,13H2,1-2H3,(H2,18,19,20);1H. The van der Waals surface area contributed by atoms with Crippen molar-refractivity contribution in [2.75, 3.05) is 26.7 Å². The number of halogens is 1. The molecule has 1 atom stereocenters. The van der Waals surface area contributed by atoms with Crippen LogP contribution in [0.4, 0.5) is 0 Å². The lowest BCUT2D eigenvalue weighted by Gasteiger charge is -2.15. The number of aliphatic imine (C=N–C) groups is 1. The lowest BCUT2D eigenvalue weighted by Crippen LogP contribution is -2.40. The van der Waals surface area contributed by atoms with E-state index in [1.165, 1.54) is 4.88 Å². The van der Waals surface area contributed by atoms with Crippen LogP contribution in [0.3, 0.4) is 0 Å². The van der Waals surface area contributed by atoms with Gasteiger partial charge in [-0.25, -0.2) is 0 Å². The third-order valence-corrected chi connectivity index (χ3v) is 4.34.